The number of nitrogens with one attached hydrogen (secondary N) is 1. The molecule has 0 aliphatic carbocycles. The first-order chi connectivity index (χ1) is 10.3. The minimum Gasteiger partial charge on any atom is -0.444 e. The third-order valence-electron chi connectivity index (χ3n) is 3.30. The zero-order valence-corrected chi connectivity index (χ0v) is 13.1. The van der Waals surface area contributed by atoms with E-state index < -0.39 is 17.7 Å². The van der Waals surface area contributed by atoms with Gasteiger partial charge < -0.3 is 10.1 Å². The van der Waals surface area contributed by atoms with E-state index in [0.29, 0.717) is 19.5 Å². The number of hydrogen-bond donors (Lipinski definition) is 1. The van der Waals surface area contributed by atoms with Gasteiger partial charge in [-0.25, -0.2) is 9.18 Å². The molecule has 0 aromatic heterocycles. The van der Waals surface area contributed by atoms with Crippen molar-refractivity contribution in [2.24, 2.45) is 0 Å². The molecular weight excluding hydrogens is 287 g/mol. The molecule has 1 fully saturated rings. The first-order valence-electron chi connectivity index (χ1n) is 7.28. The Morgan fingerprint density at radius 1 is 1.36 bits per heavy atom. The van der Waals surface area contributed by atoms with Crippen LogP contribution in [-0.4, -0.2) is 41.6 Å². The van der Waals surface area contributed by atoms with Crippen molar-refractivity contribution >= 4 is 12.0 Å². The predicted octanol–water partition coefficient (Wildman–Crippen LogP) is 2.10. The van der Waals surface area contributed by atoms with Crippen LogP contribution in [0.5, 0.6) is 0 Å². The summed E-state index contributed by atoms with van der Waals surface area (Å²) in [4.78, 5) is 25.8. The highest BCUT2D eigenvalue weighted by Gasteiger charge is 2.35. The van der Waals surface area contributed by atoms with Crippen LogP contribution in [0.4, 0.5) is 9.18 Å². The summed E-state index contributed by atoms with van der Waals surface area (Å²) in [6.45, 7) is 6.14. The van der Waals surface area contributed by atoms with Gasteiger partial charge in [0.25, 0.3) is 0 Å². The second-order valence-electron chi connectivity index (χ2n) is 6.31. The van der Waals surface area contributed by atoms with Crippen LogP contribution in [0.1, 0.15) is 26.3 Å². The van der Waals surface area contributed by atoms with Crippen LogP contribution in [0.25, 0.3) is 0 Å². The van der Waals surface area contributed by atoms with E-state index in [2.05, 4.69) is 5.32 Å². The molecular formula is C16H21FN2O3. The molecule has 0 radical (unpaired) electrons. The Bertz CT molecular complexity index is 552. The van der Waals surface area contributed by atoms with Crippen molar-refractivity contribution in [2.75, 3.05) is 13.1 Å². The third-order valence-corrected chi connectivity index (χ3v) is 3.30. The quantitative estimate of drug-likeness (QED) is 0.910. The summed E-state index contributed by atoms with van der Waals surface area (Å²) >= 11 is 0. The number of amides is 2. The summed E-state index contributed by atoms with van der Waals surface area (Å²) < 4.78 is 18.3. The fourth-order valence-corrected chi connectivity index (χ4v) is 2.30. The fraction of sp³-hybridized carbons (Fsp3) is 0.500. The molecule has 0 spiro atoms. The van der Waals surface area contributed by atoms with Crippen molar-refractivity contribution in [3.63, 3.8) is 0 Å². The Kier molecular flexibility index (Phi) is 4.68. The van der Waals surface area contributed by atoms with E-state index in [1.54, 1.807) is 32.9 Å². The Morgan fingerprint density at radius 2 is 2.00 bits per heavy atom. The molecule has 0 bridgehead atoms. The van der Waals surface area contributed by atoms with Crippen molar-refractivity contribution in [1.82, 2.24) is 10.2 Å². The van der Waals surface area contributed by atoms with Crippen LogP contribution in [0.15, 0.2) is 24.3 Å². The lowest BCUT2D eigenvalue weighted by molar-refractivity contribution is -0.128. The highest BCUT2D eigenvalue weighted by Crippen LogP contribution is 2.17. The Balaban J connectivity index is 2.14. The van der Waals surface area contributed by atoms with Crippen molar-refractivity contribution in [3.05, 3.63) is 35.6 Å². The molecule has 1 N–H and O–H groups in total. The number of carbonyl (C=O) groups is 2. The molecule has 2 rings (SSSR count). The zero-order valence-electron chi connectivity index (χ0n) is 13.1. The van der Waals surface area contributed by atoms with Gasteiger partial charge in [0.15, 0.2) is 0 Å². The molecule has 1 atom stereocenters. The van der Waals surface area contributed by atoms with Gasteiger partial charge in [0.2, 0.25) is 5.91 Å². The van der Waals surface area contributed by atoms with E-state index >= 15 is 0 Å². The molecule has 120 valence electrons. The number of hydrogen-bond acceptors (Lipinski definition) is 3. The molecule has 22 heavy (non-hydrogen) atoms. The highest BCUT2D eigenvalue weighted by molar-refractivity contribution is 5.87. The fourth-order valence-electron chi connectivity index (χ4n) is 2.30. The first-order valence-corrected chi connectivity index (χ1v) is 7.28. The SMILES string of the molecule is CC(C)(C)OC(=O)N1CCNC(=O)C1Cc1ccc(F)cc1. The van der Waals surface area contributed by atoms with Gasteiger partial charge in [0.05, 0.1) is 0 Å². The van der Waals surface area contributed by atoms with Gasteiger partial charge >= 0.3 is 6.09 Å². The molecule has 6 heteroatoms. The number of piperazine rings is 1. The predicted molar refractivity (Wildman–Crippen MR) is 79.8 cm³/mol. The second-order valence-corrected chi connectivity index (χ2v) is 6.31. The first kappa shape index (κ1) is 16.3. The normalized spacial score (nSPS) is 18.8. The summed E-state index contributed by atoms with van der Waals surface area (Å²) in [5, 5.41) is 2.75. The number of carbonyl (C=O) groups excluding carboxylic acids is 2. The Hall–Kier alpha value is -2.11. The molecule has 1 unspecified atom stereocenters. The third kappa shape index (κ3) is 4.19. The molecule has 1 heterocycles. The van der Waals surface area contributed by atoms with Gasteiger partial charge in [0.1, 0.15) is 17.5 Å². The van der Waals surface area contributed by atoms with Crippen LogP contribution in [0.3, 0.4) is 0 Å². The monoisotopic (exact) mass is 308 g/mol. The topological polar surface area (TPSA) is 58.6 Å². The number of rotatable bonds is 2. The minimum atomic E-state index is -0.644. The largest absolute Gasteiger partial charge is 0.444 e. The maximum atomic E-state index is 13.0. The standard InChI is InChI=1S/C16H21FN2O3/c1-16(2,3)22-15(21)19-9-8-18-14(20)13(19)10-11-4-6-12(17)7-5-11/h4-7,13H,8-10H2,1-3H3,(H,18,20). The number of benzene rings is 1. The maximum absolute atomic E-state index is 13.0. The number of nitrogens with zero attached hydrogens (tertiary/aromatic N) is 1. The molecule has 1 aliphatic rings. The van der Waals surface area contributed by atoms with Gasteiger partial charge in [0, 0.05) is 19.5 Å². The number of halogens is 1. The van der Waals surface area contributed by atoms with E-state index in [1.807, 2.05) is 0 Å². The Morgan fingerprint density at radius 3 is 2.59 bits per heavy atom. The lowest BCUT2D eigenvalue weighted by Gasteiger charge is -2.36. The van der Waals surface area contributed by atoms with Gasteiger partial charge in [-0.3, -0.25) is 9.69 Å². The van der Waals surface area contributed by atoms with Crippen molar-refractivity contribution < 1.29 is 18.7 Å². The maximum Gasteiger partial charge on any atom is 0.411 e. The van der Waals surface area contributed by atoms with Crippen LogP contribution in [-0.2, 0) is 16.0 Å². The summed E-state index contributed by atoms with van der Waals surface area (Å²) in [5.41, 5.74) is 0.169. The van der Waals surface area contributed by atoms with Crippen LogP contribution < -0.4 is 5.32 Å². The molecule has 1 aliphatic heterocycles. The van der Waals surface area contributed by atoms with Crippen LogP contribution in [0, 0.1) is 5.82 Å². The molecule has 5 nitrogen and oxygen atoms in total. The van der Waals surface area contributed by atoms with Gasteiger partial charge in [-0.05, 0) is 38.5 Å². The van der Waals surface area contributed by atoms with Gasteiger partial charge in [-0.2, -0.15) is 0 Å². The van der Waals surface area contributed by atoms with E-state index in [4.69, 9.17) is 4.74 Å². The van der Waals surface area contributed by atoms with Crippen molar-refractivity contribution in [3.8, 4) is 0 Å². The summed E-state index contributed by atoms with van der Waals surface area (Å²) in [7, 11) is 0. The summed E-state index contributed by atoms with van der Waals surface area (Å²) in [6.07, 6.45) is -0.180. The van der Waals surface area contributed by atoms with E-state index in [1.165, 1.54) is 17.0 Å². The van der Waals surface area contributed by atoms with E-state index in [0.717, 1.165) is 5.56 Å². The second kappa shape index (κ2) is 6.34. The number of ether oxygens (including phenoxy) is 1. The molecule has 1 aromatic carbocycles. The average Bonchev–Trinajstić information content (AvgIpc) is 2.41. The van der Waals surface area contributed by atoms with E-state index in [-0.39, 0.29) is 11.7 Å². The van der Waals surface area contributed by atoms with Crippen LogP contribution in [0.2, 0.25) is 0 Å². The van der Waals surface area contributed by atoms with E-state index in [9.17, 15) is 14.0 Å². The average molecular weight is 308 g/mol. The zero-order chi connectivity index (χ0) is 16.3. The molecule has 2 amide bonds. The lowest BCUT2D eigenvalue weighted by Crippen LogP contribution is -2.58. The summed E-state index contributed by atoms with van der Waals surface area (Å²) in [6, 6.07) is 5.27. The van der Waals surface area contributed by atoms with Crippen molar-refractivity contribution in [2.45, 2.75) is 38.8 Å². The highest BCUT2D eigenvalue weighted by atomic mass is 19.1. The van der Waals surface area contributed by atoms with Gasteiger partial charge in [-0.1, -0.05) is 12.1 Å². The smallest absolute Gasteiger partial charge is 0.411 e. The summed E-state index contributed by atoms with van der Waals surface area (Å²) in [5.74, 6) is -0.553. The Labute approximate surface area is 129 Å². The molecule has 0 saturated carbocycles. The molecule has 1 aromatic rings. The lowest BCUT2D eigenvalue weighted by atomic mass is 10.0. The minimum absolute atomic E-state index is 0.221. The van der Waals surface area contributed by atoms with Crippen molar-refractivity contribution in [1.29, 1.82) is 0 Å². The molecule has 1 saturated heterocycles. The van der Waals surface area contributed by atoms with Gasteiger partial charge in [-0.15, -0.1) is 0 Å². The van der Waals surface area contributed by atoms with Crippen LogP contribution >= 0.6 is 0 Å².